The van der Waals surface area contributed by atoms with Crippen LogP contribution in [0.1, 0.15) is 50.2 Å². The van der Waals surface area contributed by atoms with E-state index >= 15 is 0 Å². The van der Waals surface area contributed by atoms with Gasteiger partial charge in [-0.2, -0.15) is 0 Å². The van der Waals surface area contributed by atoms with Crippen molar-refractivity contribution < 1.29 is 0 Å². The largest absolute Gasteiger partial charge is 0.309 e. The van der Waals surface area contributed by atoms with Gasteiger partial charge >= 0.3 is 0 Å². The van der Waals surface area contributed by atoms with Crippen molar-refractivity contribution in [2.45, 2.75) is 46.6 Å². The van der Waals surface area contributed by atoms with Gasteiger partial charge in [0.15, 0.2) is 0 Å². The van der Waals surface area contributed by atoms with Gasteiger partial charge < -0.3 is 5.32 Å². The highest BCUT2D eigenvalue weighted by atomic mass is 32.1. The molecule has 0 fully saturated rings. The molecule has 1 aromatic rings. The predicted octanol–water partition coefficient (Wildman–Crippen LogP) is 3.54. The van der Waals surface area contributed by atoms with E-state index in [1.54, 1.807) is 11.3 Å². The van der Waals surface area contributed by atoms with Gasteiger partial charge in [-0.05, 0) is 19.4 Å². The lowest BCUT2D eigenvalue weighted by Crippen LogP contribution is -2.27. The van der Waals surface area contributed by atoms with E-state index in [-0.39, 0.29) is 0 Å². The molecule has 1 rings (SSSR count). The van der Waals surface area contributed by atoms with Crippen molar-refractivity contribution in [3.63, 3.8) is 0 Å². The first kappa shape index (κ1) is 12.7. The summed E-state index contributed by atoms with van der Waals surface area (Å²) in [5, 5.41) is 3.60. The summed E-state index contributed by atoms with van der Waals surface area (Å²) in [7, 11) is 0. The number of thiazole rings is 1. The van der Waals surface area contributed by atoms with Crippen molar-refractivity contribution in [2.75, 3.05) is 6.54 Å². The Hall–Kier alpha value is -0.410. The zero-order valence-corrected chi connectivity index (χ0v) is 11.0. The van der Waals surface area contributed by atoms with E-state index in [1.807, 2.05) is 5.51 Å². The lowest BCUT2D eigenvalue weighted by molar-refractivity contribution is 0.349. The number of aromatic nitrogens is 1. The third-order valence-corrected chi connectivity index (χ3v) is 4.02. The van der Waals surface area contributed by atoms with Crippen LogP contribution in [0.3, 0.4) is 0 Å². The maximum absolute atomic E-state index is 4.35. The molecule has 86 valence electrons. The van der Waals surface area contributed by atoms with Gasteiger partial charge in [0.2, 0.25) is 0 Å². The summed E-state index contributed by atoms with van der Waals surface area (Å²) in [4.78, 5) is 5.77. The SMILES string of the molecule is CCNC(c1scnc1C)C(CC)CC. The molecule has 0 aliphatic heterocycles. The zero-order valence-electron chi connectivity index (χ0n) is 10.2. The van der Waals surface area contributed by atoms with E-state index in [0.717, 1.165) is 12.5 Å². The molecule has 15 heavy (non-hydrogen) atoms. The summed E-state index contributed by atoms with van der Waals surface area (Å²) in [5.41, 5.74) is 3.15. The minimum Gasteiger partial charge on any atom is -0.309 e. The maximum Gasteiger partial charge on any atom is 0.0798 e. The topological polar surface area (TPSA) is 24.9 Å². The Bertz CT molecular complexity index is 279. The van der Waals surface area contributed by atoms with Crippen molar-refractivity contribution in [2.24, 2.45) is 5.92 Å². The maximum atomic E-state index is 4.35. The van der Waals surface area contributed by atoms with E-state index in [1.165, 1.54) is 23.4 Å². The molecule has 0 aliphatic carbocycles. The van der Waals surface area contributed by atoms with Gasteiger partial charge in [-0.25, -0.2) is 4.98 Å². The first-order chi connectivity index (χ1) is 7.24. The third kappa shape index (κ3) is 3.02. The van der Waals surface area contributed by atoms with E-state index in [0.29, 0.717) is 6.04 Å². The van der Waals surface area contributed by atoms with Crippen LogP contribution in [-0.4, -0.2) is 11.5 Å². The van der Waals surface area contributed by atoms with E-state index in [9.17, 15) is 0 Å². The fourth-order valence-electron chi connectivity index (χ4n) is 2.06. The van der Waals surface area contributed by atoms with Gasteiger partial charge in [0.1, 0.15) is 0 Å². The number of rotatable bonds is 6. The van der Waals surface area contributed by atoms with Crippen molar-refractivity contribution >= 4 is 11.3 Å². The van der Waals surface area contributed by atoms with Gasteiger partial charge in [0.05, 0.1) is 11.2 Å². The van der Waals surface area contributed by atoms with Crippen LogP contribution in [0.4, 0.5) is 0 Å². The molecule has 1 unspecified atom stereocenters. The molecule has 1 atom stereocenters. The Morgan fingerprint density at radius 3 is 2.40 bits per heavy atom. The lowest BCUT2D eigenvalue weighted by Gasteiger charge is -2.25. The summed E-state index contributed by atoms with van der Waals surface area (Å²) in [6, 6.07) is 0.498. The summed E-state index contributed by atoms with van der Waals surface area (Å²) < 4.78 is 0. The van der Waals surface area contributed by atoms with Crippen LogP contribution >= 0.6 is 11.3 Å². The van der Waals surface area contributed by atoms with Crippen molar-refractivity contribution in [3.05, 3.63) is 16.1 Å². The molecule has 3 heteroatoms. The highest BCUT2D eigenvalue weighted by Crippen LogP contribution is 2.31. The Morgan fingerprint density at radius 1 is 1.33 bits per heavy atom. The van der Waals surface area contributed by atoms with Gasteiger partial charge in [-0.3, -0.25) is 0 Å². The smallest absolute Gasteiger partial charge is 0.0798 e. The molecular formula is C12H22N2S. The van der Waals surface area contributed by atoms with Gasteiger partial charge in [-0.15, -0.1) is 11.3 Å². The van der Waals surface area contributed by atoms with Crippen LogP contribution in [0.2, 0.25) is 0 Å². The molecular weight excluding hydrogens is 204 g/mol. The Kier molecular flexibility index (Phi) is 5.26. The second kappa shape index (κ2) is 6.23. The van der Waals surface area contributed by atoms with Crippen molar-refractivity contribution in [1.82, 2.24) is 10.3 Å². The Morgan fingerprint density at radius 2 is 2.00 bits per heavy atom. The summed E-state index contributed by atoms with van der Waals surface area (Å²) in [6.07, 6.45) is 2.46. The van der Waals surface area contributed by atoms with Crippen LogP contribution in [0, 0.1) is 12.8 Å². The first-order valence-electron chi connectivity index (χ1n) is 5.87. The van der Waals surface area contributed by atoms with E-state index < -0.39 is 0 Å². The van der Waals surface area contributed by atoms with Crippen LogP contribution in [0.5, 0.6) is 0 Å². The number of hydrogen-bond acceptors (Lipinski definition) is 3. The van der Waals surface area contributed by atoms with Gasteiger partial charge in [-0.1, -0.05) is 33.6 Å². The number of aryl methyl sites for hydroxylation is 1. The quantitative estimate of drug-likeness (QED) is 0.802. The van der Waals surface area contributed by atoms with Crippen LogP contribution in [0.25, 0.3) is 0 Å². The molecule has 0 saturated carbocycles. The molecule has 0 aliphatic rings. The predicted molar refractivity (Wildman–Crippen MR) is 67.3 cm³/mol. The van der Waals surface area contributed by atoms with E-state index in [2.05, 4.69) is 38.0 Å². The normalized spacial score (nSPS) is 13.4. The Balaban J connectivity index is 2.86. The number of nitrogens with one attached hydrogen (secondary N) is 1. The molecule has 0 bridgehead atoms. The van der Waals surface area contributed by atoms with Crippen molar-refractivity contribution in [1.29, 1.82) is 0 Å². The second-order valence-electron chi connectivity index (χ2n) is 3.91. The first-order valence-corrected chi connectivity index (χ1v) is 6.75. The lowest BCUT2D eigenvalue weighted by atomic mass is 9.92. The van der Waals surface area contributed by atoms with E-state index in [4.69, 9.17) is 0 Å². The van der Waals surface area contributed by atoms with Crippen LogP contribution in [0.15, 0.2) is 5.51 Å². The Labute approximate surface area is 97.1 Å². The van der Waals surface area contributed by atoms with Crippen molar-refractivity contribution in [3.8, 4) is 0 Å². The number of nitrogens with zero attached hydrogens (tertiary/aromatic N) is 1. The highest BCUT2D eigenvalue weighted by molar-refractivity contribution is 7.09. The second-order valence-corrected chi connectivity index (χ2v) is 4.80. The van der Waals surface area contributed by atoms with Crippen LogP contribution < -0.4 is 5.32 Å². The molecule has 0 spiro atoms. The third-order valence-electron chi connectivity index (χ3n) is 3.01. The summed E-state index contributed by atoms with van der Waals surface area (Å²) >= 11 is 1.78. The zero-order chi connectivity index (χ0) is 11.3. The summed E-state index contributed by atoms with van der Waals surface area (Å²) in [6.45, 7) is 9.85. The highest BCUT2D eigenvalue weighted by Gasteiger charge is 2.22. The average Bonchev–Trinajstić information content (AvgIpc) is 2.65. The molecule has 0 aromatic carbocycles. The molecule has 0 radical (unpaired) electrons. The fourth-order valence-corrected chi connectivity index (χ4v) is 3.03. The molecule has 1 heterocycles. The number of hydrogen-bond donors (Lipinski definition) is 1. The van der Waals surface area contributed by atoms with Gasteiger partial charge in [0, 0.05) is 10.9 Å². The minimum absolute atomic E-state index is 0.498. The average molecular weight is 226 g/mol. The minimum atomic E-state index is 0.498. The molecule has 1 aromatic heterocycles. The molecule has 0 amide bonds. The summed E-state index contributed by atoms with van der Waals surface area (Å²) in [5.74, 6) is 0.726. The standard InChI is InChI=1S/C12H22N2S/c1-5-10(6-2)11(13-7-3)12-9(4)14-8-15-12/h8,10-11,13H,5-7H2,1-4H3. The molecule has 1 N–H and O–H groups in total. The molecule has 2 nitrogen and oxygen atoms in total. The van der Waals surface area contributed by atoms with Crippen LogP contribution in [-0.2, 0) is 0 Å². The monoisotopic (exact) mass is 226 g/mol. The van der Waals surface area contributed by atoms with Gasteiger partial charge in [0.25, 0.3) is 0 Å². The molecule has 0 saturated heterocycles. The fraction of sp³-hybridized carbons (Fsp3) is 0.750.